The molecule has 0 spiro atoms. The van der Waals surface area contributed by atoms with E-state index >= 15 is 0 Å². The minimum absolute atomic E-state index is 0.0343. The van der Waals surface area contributed by atoms with E-state index in [9.17, 15) is 9.18 Å². The Bertz CT molecular complexity index is 807. The Hall–Kier alpha value is -2.11. The van der Waals surface area contributed by atoms with Crippen LogP contribution in [0.5, 0.6) is 5.75 Å². The van der Waals surface area contributed by atoms with Gasteiger partial charge in [0.15, 0.2) is 0 Å². The zero-order valence-corrected chi connectivity index (χ0v) is 16.4. The number of carbonyl (C=O) groups is 1. The molecule has 1 aliphatic rings. The van der Waals surface area contributed by atoms with E-state index in [1.807, 2.05) is 29.2 Å². The highest BCUT2D eigenvalue weighted by atomic mass is 35.5. The van der Waals surface area contributed by atoms with E-state index in [0.29, 0.717) is 0 Å². The van der Waals surface area contributed by atoms with Crippen molar-refractivity contribution in [1.82, 2.24) is 4.90 Å². The summed E-state index contributed by atoms with van der Waals surface area (Å²) in [7, 11) is 1.62. The molecule has 0 aromatic heterocycles. The van der Waals surface area contributed by atoms with E-state index in [1.54, 1.807) is 26.2 Å². The average Bonchev–Trinajstić information content (AvgIpc) is 2.66. The fourth-order valence-electron chi connectivity index (χ4n) is 3.64. The van der Waals surface area contributed by atoms with Crippen molar-refractivity contribution in [3.8, 4) is 5.75 Å². The molecule has 4 nitrogen and oxygen atoms in total. The van der Waals surface area contributed by atoms with Gasteiger partial charge in [-0.1, -0.05) is 23.7 Å². The molecule has 1 heterocycles. The molecule has 1 fully saturated rings. The minimum atomic E-state index is -0.394. The van der Waals surface area contributed by atoms with Crippen LogP contribution in [0.25, 0.3) is 0 Å². The smallest absolute Gasteiger partial charge is 0.224 e. The highest BCUT2D eigenvalue weighted by Gasteiger charge is 2.27. The Balaban J connectivity index is 1.65. The van der Waals surface area contributed by atoms with Crippen LogP contribution in [0.1, 0.15) is 25.3 Å². The molecule has 0 unspecified atom stereocenters. The Labute approximate surface area is 164 Å². The minimum Gasteiger partial charge on any atom is -0.497 e. The van der Waals surface area contributed by atoms with Crippen LogP contribution in [-0.4, -0.2) is 37.0 Å². The maximum Gasteiger partial charge on any atom is 0.224 e. The average molecular weight is 391 g/mol. The quantitative estimate of drug-likeness (QED) is 0.753. The first-order valence-corrected chi connectivity index (χ1v) is 9.46. The Morgan fingerprint density at radius 2 is 2.00 bits per heavy atom. The topological polar surface area (TPSA) is 32.8 Å². The lowest BCUT2D eigenvalue weighted by atomic mass is 10.0. The predicted molar refractivity (Wildman–Crippen MR) is 106 cm³/mol. The maximum absolute atomic E-state index is 13.3. The molecule has 0 N–H and O–H groups in total. The molecular weight excluding hydrogens is 367 g/mol. The lowest BCUT2D eigenvalue weighted by molar-refractivity contribution is -0.117. The third-order valence-electron chi connectivity index (χ3n) is 4.98. The van der Waals surface area contributed by atoms with Crippen molar-refractivity contribution >= 4 is 23.2 Å². The number of amides is 1. The fourth-order valence-corrected chi connectivity index (χ4v) is 3.85. The molecule has 3 rings (SSSR count). The van der Waals surface area contributed by atoms with E-state index in [-0.39, 0.29) is 17.0 Å². The first-order valence-electron chi connectivity index (χ1n) is 9.08. The molecule has 0 radical (unpaired) electrons. The molecule has 0 saturated carbocycles. The van der Waals surface area contributed by atoms with Gasteiger partial charge in [0.25, 0.3) is 0 Å². The zero-order chi connectivity index (χ0) is 19.4. The normalized spacial score (nSPS) is 15.6. The van der Waals surface area contributed by atoms with Crippen molar-refractivity contribution in [3.05, 3.63) is 58.9 Å². The second-order valence-corrected chi connectivity index (χ2v) is 7.25. The molecule has 0 atom stereocenters. The van der Waals surface area contributed by atoms with Crippen LogP contribution in [0.4, 0.5) is 10.1 Å². The van der Waals surface area contributed by atoms with Crippen LogP contribution in [0, 0.1) is 5.82 Å². The highest BCUT2D eigenvalue weighted by molar-refractivity contribution is 6.30. The predicted octanol–water partition coefficient (Wildman–Crippen LogP) is 4.51. The Kier molecular flexibility index (Phi) is 6.34. The number of hydrogen-bond donors (Lipinski definition) is 0. The van der Waals surface area contributed by atoms with Crippen molar-refractivity contribution < 1.29 is 13.9 Å². The number of nitrogens with zero attached hydrogens (tertiary/aromatic N) is 2. The summed E-state index contributed by atoms with van der Waals surface area (Å²) in [6.45, 7) is 4.07. The molecule has 144 valence electrons. The number of anilines is 1. The van der Waals surface area contributed by atoms with Gasteiger partial charge in [-0.2, -0.15) is 0 Å². The highest BCUT2D eigenvalue weighted by Crippen LogP contribution is 2.28. The summed E-state index contributed by atoms with van der Waals surface area (Å²) in [5.41, 5.74) is 1.86. The van der Waals surface area contributed by atoms with Crippen molar-refractivity contribution in [2.75, 3.05) is 25.1 Å². The monoisotopic (exact) mass is 390 g/mol. The van der Waals surface area contributed by atoms with Crippen LogP contribution >= 0.6 is 11.6 Å². The number of carbonyl (C=O) groups excluding carboxylic acids is 1. The van der Waals surface area contributed by atoms with Gasteiger partial charge in [0, 0.05) is 44.4 Å². The molecule has 2 aromatic carbocycles. The van der Waals surface area contributed by atoms with Crippen LogP contribution in [0.3, 0.4) is 0 Å². The first kappa shape index (κ1) is 19.6. The van der Waals surface area contributed by atoms with E-state index < -0.39 is 5.82 Å². The van der Waals surface area contributed by atoms with Gasteiger partial charge in [0.1, 0.15) is 11.6 Å². The fraction of sp³-hybridized carbons (Fsp3) is 0.381. The first-order chi connectivity index (χ1) is 13.0. The number of methoxy groups -OCH3 is 1. The van der Waals surface area contributed by atoms with Gasteiger partial charge in [0.05, 0.1) is 12.1 Å². The van der Waals surface area contributed by atoms with E-state index in [1.165, 1.54) is 6.07 Å². The van der Waals surface area contributed by atoms with Crippen LogP contribution < -0.4 is 9.64 Å². The molecule has 27 heavy (non-hydrogen) atoms. The van der Waals surface area contributed by atoms with Crippen molar-refractivity contribution in [3.63, 3.8) is 0 Å². The molecule has 0 aliphatic carbocycles. The number of rotatable bonds is 5. The third kappa shape index (κ3) is 4.79. The standard InChI is InChI=1S/C21H24ClFN2O2/c1-15(26)25(18-4-3-5-19(13-18)27-2)17-8-10-24(11-9-17)14-16-6-7-21(23)20(22)12-16/h3-7,12-13,17H,8-11,14H2,1-2H3. The molecule has 1 aliphatic heterocycles. The summed E-state index contributed by atoms with van der Waals surface area (Å²) in [6, 6.07) is 12.6. The number of piperidine rings is 1. The van der Waals surface area contributed by atoms with Crippen LogP contribution in [0.15, 0.2) is 42.5 Å². The molecule has 0 bridgehead atoms. The van der Waals surface area contributed by atoms with Gasteiger partial charge in [-0.3, -0.25) is 9.69 Å². The van der Waals surface area contributed by atoms with Crippen molar-refractivity contribution in [2.24, 2.45) is 0 Å². The van der Waals surface area contributed by atoms with Gasteiger partial charge < -0.3 is 9.64 Å². The summed E-state index contributed by atoms with van der Waals surface area (Å²) in [5.74, 6) is 0.380. The van der Waals surface area contributed by atoms with Crippen molar-refractivity contribution in [1.29, 1.82) is 0 Å². The van der Waals surface area contributed by atoms with E-state index in [0.717, 1.165) is 49.5 Å². The summed E-state index contributed by atoms with van der Waals surface area (Å²) in [5, 5.41) is 0.156. The summed E-state index contributed by atoms with van der Waals surface area (Å²) in [6.07, 6.45) is 1.76. The second kappa shape index (κ2) is 8.72. The third-order valence-corrected chi connectivity index (χ3v) is 5.27. The summed E-state index contributed by atoms with van der Waals surface area (Å²) >= 11 is 5.88. The largest absolute Gasteiger partial charge is 0.497 e. The van der Waals surface area contributed by atoms with Gasteiger partial charge >= 0.3 is 0 Å². The summed E-state index contributed by atoms with van der Waals surface area (Å²) in [4.78, 5) is 16.5. The zero-order valence-electron chi connectivity index (χ0n) is 15.6. The lowest BCUT2D eigenvalue weighted by Gasteiger charge is -2.38. The van der Waals surface area contributed by atoms with Gasteiger partial charge in [-0.05, 0) is 42.7 Å². The number of halogens is 2. The maximum atomic E-state index is 13.3. The van der Waals surface area contributed by atoms with Crippen molar-refractivity contribution in [2.45, 2.75) is 32.4 Å². The van der Waals surface area contributed by atoms with E-state index in [4.69, 9.17) is 16.3 Å². The molecular formula is C21H24ClFN2O2. The van der Waals surface area contributed by atoms with Crippen LogP contribution in [0.2, 0.25) is 5.02 Å². The summed E-state index contributed by atoms with van der Waals surface area (Å²) < 4.78 is 18.6. The molecule has 6 heteroatoms. The number of likely N-dealkylation sites (tertiary alicyclic amines) is 1. The Morgan fingerprint density at radius 1 is 1.26 bits per heavy atom. The van der Waals surface area contributed by atoms with E-state index in [2.05, 4.69) is 4.90 Å². The SMILES string of the molecule is COc1cccc(N(C(C)=O)C2CCN(Cc3ccc(F)c(Cl)c3)CC2)c1. The number of ether oxygens (including phenoxy) is 1. The number of hydrogen-bond acceptors (Lipinski definition) is 3. The second-order valence-electron chi connectivity index (χ2n) is 6.85. The molecule has 1 amide bonds. The Morgan fingerprint density at radius 3 is 2.63 bits per heavy atom. The lowest BCUT2D eigenvalue weighted by Crippen LogP contribution is -2.46. The van der Waals surface area contributed by atoms with Gasteiger partial charge in [0.2, 0.25) is 5.91 Å². The number of benzene rings is 2. The van der Waals surface area contributed by atoms with Gasteiger partial charge in [-0.25, -0.2) is 4.39 Å². The molecule has 2 aromatic rings. The molecule has 1 saturated heterocycles. The van der Waals surface area contributed by atoms with Gasteiger partial charge in [-0.15, -0.1) is 0 Å². The van der Waals surface area contributed by atoms with Crippen LogP contribution in [-0.2, 0) is 11.3 Å².